The van der Waals surface area contributed by atoms with Gasteiger partial charge >= 0.3 is 12.1 Å². The number of carbonyl (C=O) groups excluding carboxylic acids is 1. The summed E-state index contributed by atoms with van der Waals surface area (Å²) in [7, 11) is 0. The summed E-state index contributed by atoms with van der Waals surface area (Å²) in [6, 6.07) is 16.6. The standard InChI is InChI=1S/C23H29NO6/c1-23(2,3)30-22(27)24-13-14-28-19-11-9-17(10-12-19)15-20(21(25)26)29-16-18-7-5-4-6-8-18/h4-12,20H,13-16H2,1-3H3,(H,24,27)(H,25,26). The largest absolute Gasteiger partial charge is 0.492 e. The van der Waals surface area contributed by atoms with Gasteiger partial charge in [0.05, 0.1) is 13.2 Å². The summed E-state index contributed by atoms with van der Waals surface area (Å²) in [6.07, 6.45) is -1.17. The lowest BCUT2D eigenvalue weighted by Crippen LogP contribution is -2.34. The Balaban J connectivity index is 1.76. The molecule has 1 amide bonds. The summed E-state index contributed by atoms with van der Waals surface area (Å²) < 4.78 is 16.3. The third-order valence-electron chi connectivity index (χ3n) is 3.95. The fourth-order valence-corrected chi connectivity index (χ4v) is 2.56. The van der Waals surface area contributed by atoms with Crippen molar-refractivity contribution in [2.75, 3.05) is 13.2 Å². The summed E-state index contributed by atoms with van der Waals surface area (Å²) in [5.74, 6) is -0.374. The van der Waals surface area contributed by atoms with Crippen LogP contribution in [0.3, 0.4) is 0 Å². The van der Waals surface area contributed by atoms with Crippen molar-refractivity contribution in [2.24, 2.45) is 0 Å². The van der Waals surface area contributed by atoms with Gasteiger partial charge in [-0.3, -0.25) is 0 Å². The van der Waals surface area contributed by atoms with Gasteiger partial charge in [0.2, 0.25) is 0 Å². The highest BCUT2D eigenvalue weighted by molar-refractivity contribution is 5.72. The van der Waals surface area contributed by atoms with E-state index in [1.54, 1.807) is 45.0 Å². The van der Waals surface area contributed by atoms with Crippen LogP contribution in [0.15, 0.2) is 54.6 Å². The number of aliphatic carboxylic acids is 1. The van der Waals surface area contributed by atoms with Crippen molar-refractivity contribution in [2.45, 2.75) is 45.5 Å². The molecule has 0 heterocycles. The zero-order valence-corrected chi connectivity index (χ0v) is 17.6. The molecular formula is C23H29NO6. The first-order valence-electron chi connectivity index (χ1n) is 9.80. The summed E-state index contributed by atoms with van der Waals surface area (Å²) in [5.41, 5.74) is 1.21. The molecule has 0 spiro atoms. The summed E-state index contributed by atoms with van der Waals surface area (Å²) >= 11 is 0. The van der Waals surface area contributed by atoms with Crippen LogP contribution < -0.4 is 10.1 Å². The topological polar surface area (TPSA) is 94.1 Å². The van der Waals surface area contributed by atoms with E-state index in [4.69, 9.17) is 14.2 Å². The van der Waals surface area contributed by atoms with Gasteiger partial charge in [-0.05, 0) is 44.0 Å². The van der Waals surface area contributed by atoms with Crippen molar-refractivity contribution in [3.8, 4) is 5.75 Å². The average Bonchev–Trinajstić information content (AvgIpc) is 2.69. The molecule has 1 unspecified atom stereocenters. The van der Waals surface area contributed by atoms with Crippen LogP contribution in [0.1, 0.15) is 31.9 Å². The number of nitrogens with one attached hydrogen (secondary N) is 1. The Morgan fingerprint density at radius 3 is 2.27 bits per heavy atom. The number of ether oxygens (including phenoxy) is 3. The highest BCUT2D eigenvalue weighted by atomic mass is 16.6. The maximum Gasteiger partial charge on any atom is 0.407 e. The Morgan fingerprint density at radius 2 is 1.67 bits per heavy atom. The van der Waals surface area contributed by atoms with E-state index in [9.17, 15) is 14.7 Å². The Hall–Kier alpha value is -3.06. The fourth-order valence-electron chi connectivity index (χ4n) is 2.56. The van der Waals surface area contributed by atoms with Gasteiger partial charge in [-0.25, -0.2) is 9.59 Å². The summed E-state index contributed by atoms with van der Waals surface area (Å²) in [4.78, 5) is 23.1. The van der Waals surface area contributed by atoms with Crippen molar-refractivity contribution in [3.63, 3.8) is 0 Å². The minimum atomic E-state index is -1.00. The van der Waals surface area contributed by atoms with Crippen LogP contribution in [-0.2, 0) is 27.3 Å². The molecule has 2 N–H and O–H groups in total. The van der Waals surface area contributed by atoms with Crippen molar-refractivity contribution in [1.82, 2.24) is 5.32 Å². The van der Waals surface area contributed by atoms with Gasteiger partial charge in [-0.1, -0.05) is 42.5 Å². The fraction of sp³-hybridized carbons (Fsp3) is 0.391. The molecule has 162 valence electrons. The van der Waals surface area contributed by atoms with Crippen LogP contribution >= 0.6 is 0 Å². The molecule has 0 saturated carbocycles. The highest BCUT2D eigenvalue weighted by Crippen LogP contribution is 2.15. The Morgan fingerprint density at radius 1 is 1.00 bits per heavy atom. The molecule has 0 radical (unpaired) electrons. The average molecular weight is 415 g/mol. The molecule has 0 bridgehead atoms. The zero-order chi connectivity index (χ0) is 22.0. The number of carbonyl (C=O) groups is 2. The molecule has 7 nitrogen and oxygen atoms in total. The third-order valence-corrected chi connectivity index (χ3v) is 3.95. The number of rotatable bonds is 10. The SMILES string of the molecule is CC(C)(C)OC(=O)NCCOc1ccc(CC(OCc2ccccc2)C(=O)O)cc1. The maximum atomic E-state index is 11.6. The van der Waals surface area contributed by atoms with E-state index in [1.165, 1.54) is 0 Å². The Bertz CT molecular complexity index is 799. The molecule has 0 aliphatic rings. The molecule has 30 heavy (non-hydrogen) atoms. The van der Waals surface area contributed by atoms with E-state index in [0.717, 1.165) is 11.1 Å². The Kier molecular flexibility index (Phi) is 8.68. The number of hydrogen-bond acceptors (Lipinski definition) is 5. The second kappa shape index (κ2) is 11.2. The second-order valence-electron chi connectivity index (χ2n) is 7.75. The van der Waals surface area contributed by atoms with Gasteiger partial charge < -0.3 is 24.6 Å². The quantitative estimate of drug-likeness (QED) is 0.573. The molecule has 0 saturated heterocycles. The molecular weight excluding hydrogens is 386 g/mol. The van der Waals surface area contributed by atoms with Crippen LogP contribution in [0.4, 0.5) is 4.79 Å². The van der Waals surface area contributed by atoms with Crippen molar-refractivity contribution in [1.29, 1.82) is 0 Å². The lowest BCUT2D eigenvalue weighted by Gasteiger charge is -2.19. The van der Waals surface area contributed by atoms with Gasteiger partial charge in [-0.2, -0.15) is 0 Å². The minimum absolute atomic E-state index is 0.240. The van der Waals surface area contributed by atoms with Crippen LogP contribution in [0.2, 0.25) is 0 Å². The maximum absolute atomic E-state index is 11.6. The Labute approximate surface area is 177 Å². The van der Waals surface area contributed by atoms with Gasteiger partial charge in [0.15, 0.2) is 6.10 Å². The van der Waals surface area contributed by atoms with E-state index in [1.807, 2.05) is 30.3 Å². The number of amides is 1. The van der Waals surface area contributed by atoms with E-state index < -0.39 is 23.8 Å². The molecule has 2 aromatic rings. The van der Waals surface area contributed by atoms with Gasteiger partial charge in [-0.15, -0.1) is 0 Å². The van der Waals surface area contributed by atoms with Crippen LogP contribution in [0.25, 0.3) is 0 Å². The minimum Gasteiger partial charge on any atom is -0.492 e. The first-order valence-corrected chi connectivity index (χ1v) is 9.80. The normalized spacial score (nSPS) is 12.1. The van der Waals surface area contributed by atoms with E-state index in [2.05, 4.69) is 5.32 Å². The van der Waals surface area contributed by atoms with E-state index in [-0.39, 0.29) is 19.6 Å². The molecule has 0 fully saturated rings. The van der Waals surface area contributed by atoms with Crippen LogP contribution in [0, 0.1) is 0 Å². The van der Waals surface area contributed by atoms with E-state index in [0.29, 0.717) is 12.3 Å². The van der Waals surface area contributed by atoms with Crippen molar-refractivity contribution in [3.05, 3.63) is 65.7 Å². The van der Waals surface area contributed by atoms with Crippen LogP contribution in [-0.4, -0.2) is 42.0 Å². The molecule has 7 heteroatoms. The first-order chi connectivity index (χ1) is 14.2. The van der Waals surface area contributed by atoms with Crippen molar-refractivity contribution < 1.29 is 28.9 Å². The number of hydrogen-bond donors (Lipinski definition) is 2. The number of carboxylic acids is 1. The van der Waals surface area contributed by atoms with Crippen LogP contribution in [0.5, 0.6) is 5.75 Å². The number of alkyl carbamates (subject to hydrolysis) is 1. The predicted molar refractivity (Wildman–Crippen MR) is 113 cm³/mol. The number of carboxylic acid groups (broad SMARTS) is 1. The highest BCUT2D eigenvalue weighted by Gasteiger charge is 2.19. The zero-order valence-electron chi connectivity index (χ0n) is 17.6. The van der Waals surface area contributed by atoms with Gasteiger partial charge in [0, 0.05) is 6.42 Å². The second-order valence-corrected chi connectivity index (χ2v) is 7.75. The molecule has 2 rings (SSSR count). The third kappa shape index (κ3) is 8.96. The molecule has 0 aromatic heterocycles. The van der Waals surface area contributed by atoms with Gasteiger partial charge in [0.1, 0.15) is 18.0 Å². The monoisotopic (exact) mass is 415 g/mol. The number of benzene rings is 2. The van der Waals surface area contributed by atoms with Crippen molar-refractivity contribution >= 4 is 12.1 Å². The summed E-state index contributed by atoms with van der Waals surface area (Å²) in [5, 5.41) is 12.1. The van der Waals surface area contributed by atoms with Gasteiger partial charge in [0.25, 0.3) is 0 Å². The van der Waals surface area contributed by atoms with E-state index >= 15 is 0 Å². The molecule has 2 aromatic carbocycles. The predicted octanol–water partition coefficient (Wildman–Crippen LogP) is 3.80. The smallest absolute Gasteiger partial charge is 0.407 e. The molecule has 0 aliphatic heterocycles. The lowest BCUT2D eigenvalue weighted by atomic mass is 10.1. The lowest BCUT2D eigenvalue weighted by molar-refractivity contribution is -0.151. The molecule has 1 atom stereocenters. The molecule has 0 aliphatic carbocycles. The first kappa shape index (κ1) is 23.2. The summed E-state index contributed by atoms with van der Waals surface area (Å²) in [6.45, 7) is 6.23.